The van der Waals surface area contributed by atoms with Crippen LogP contribution in [-0.4, -0.2) is 38.7 Å². The fraction of sp³-hybridized carbons (Fsp3) is 0.138. The molecule has 3 aromatic carbocycles. The molecule has 0 bridgehead atoms. The molecule has 2 heterocycles. The predicted molar refractivity (Wildman–Crippen MR) is 140 cm³/mol. The van der Waals surface area contributed by atoms with Crippen molar-refractivity contribution in [1.29, 1.82) is 0 Å². The van der Waals surface area contributed by atoms with Crippen molar-refractivity contribution in [1.82, 2.24) is 20.3 Å². The van der Waals surface area contributed by atoms with E-state index in [1.807, 2.05) is 36.7 Å². The first-order valence-corrected chi connectivity index (χ1v) is 11.8. The van der Waals surface area contributed by atoms with Crippen LogP contribution in [0, 0.1) is 0 Å². The van der Waals surface area contributed by atoms with Gasteiger partial charge < -0.3 is 15.4 Å². The summed E-state index contributed by atoms with van der Waals surface area (Å²) in [6.07, 6.45) is -0.360. The molecule has 5 rings (SSSR count). The van der Waals surface area contributed by atoms with Gasteiger partial charge in [0.1, 0.15) is 5.82 Å². The van der Waals surface area contributed by atoms with Crippen molar-refractivity contribution >= 4 is 17.0 Å². The van der Waals surface area contributed by atoms with Gasteiger partial charge in [-0.3, -0.25) is 4.98 Å². The number of carboxylic acids is 1. The molecule has 0 aliphatic rings. The second-order valence-electron chi connectivity index (χ2n) is 8.47. The molecule has 9 heteroatoms. The van der Waals surface area contributed by atoms with Crippen LogP contribution in [0.25, 0.3) is 33.5 Å². The van der Waals surface area contributed by atoms with Gasteiger partial charge in [-0.2, -0.15) is 13.2 Å². The predicted octanol–water partition coefficient (Wildman–Crippen LogP) is 6.26. The number of carboxylic acid groups (broad SMARTS) is 1. The largest absolute Gasteiger partial charge is 0.490 e. The number of hydrogen-bond acceptors (Lipinski definition) is 4. The van der Waals surface area contributed by atoms with Crippen LogP contribution in [0.5, 0.6) is 0 Å². The number of benzene rings is 3. The number of pyridine rings is 1. The molecule has 38 heavy (non-hydrogen) atoms. The Morgan fingerprint density at radius 1 is 0.868 bits per heavy atom. The van der Waals surface area contributed by atoms with Gasteiger partial charge in [-0.05, 0) is 59.5 Å². The number of halogens is 3. The number of carbonyl (C=O) groups is 1. The van der Waals surface area contributed by atoms with Gasteiger partial charge in [-0.15, -0.1) is 0 Å². The standard InChI is InChI=1S/C27H24N4.C2HF3O2/c1-2-9-26-25(8-1)30-27(31-26)24-7-3-6-23(17-24)22-12-10-21(11-13-22)19-29-16-14-20-5-4-15-28-18-20;3-2(4,5)1(6)7/h1-13,15,17-18,29H,14,16,19H2,(H,30,31);(H,6,7). The molecular weight excluding hydrogens is 493 g/mol. The maximum atomic E-state index is 10.6. The molecule has 2 aromatic heterocycles. The molecule has 0 saturated carbocycles. The number of fused-ring (bicyclic) bond motifs is 1. The topological polar surface area (TPSA) is 90.9 Å². The number of aromatic amines is 1. The first kappa shape index (κ1) is 26.6. The van der Waals surface area contributed by atoms with Gasteiger partial charge in [0, 0.05) is 24.5 Å². The number of rotatable bonds is 7. The maximum Gasteiger partial charge on any atom is 0.490 e. The Morgan fingerprint density at radius 3 is 2.29 bits per heavy atom. The lowest BCUT2D eigenvalue weighted by molar-refractivity contribution is -0.192. The smallest absolute Gasteiger partial charge is 0.475 e. The number of para-hydroxylation sites is 2. The van der Waals surface area contributed by atoms with E-state index in [1.54, 1.807) is 0 Å². The van der Waals surface area contributed by atoms with Crippen LogP contribution in [0.4, 0.5) is 13.2 Å². The molecule has 194 valence electrons. The Balaban J connectivity index is 0.000000426. The highest BCUT2D eigenvalue weighted by atomic mass is 19.4. The van der Waals surface area contributed by atoms with E-state index in [1.165, 1.54) is 22.3 Å². The zero-order valence-electron chi connectivity index (χ0n) is 20.2. The third-order valence-corrected chi connectivity index (χ3v) is 5.70. The summed E-state index contributed by atoms with van der Waals surface area (Å²) in [5.74, 6) is -1.86. The molecule has 5 aromatic rings. The number of H-pyrrole nitrogens is 1. The monoisotopic (exact) mass is 518 g/mol. The van der Waals surface area contributed by atoms with Crippen LogP contribution in [-0.2, 0) is 17.8 Å². The van der Waals surface area contributed by atoms with Crippen LogP contribution < -0.4 is 5.32 Å². The Morgan fingerprint density at radius 2 is 1.61 bits per heavy atom. The van der Waals surface area contributed by atoms with Gasteiger partial charge >= 0.3 is 12.1 Å². The van der Waals surface area contributed by atoms with E-state index < -0.39 is 12.1 Å². The number of imidazole rings is 1. The minimum atomic E-state index is -5.08. The highest BCUT2D eigenvalue weighted by Crippen LogP contribution is 2.26. The van der Waals surface area contributed by atoms with Gasteiger partial charge in [0.15, 0.2) is 0 Å². The zero-order valence-corrected chi connectivity index (χ0v) is 20.2. The average molecular weight is 519 g/mol. The van der Waals surface area contributed by atoms with Crippen molar-refractivity contribution < 1.29 is 23.1 Å². The number of hydrogen-bond donors (Lipinski definition) is 3. The van der Waals surface area contributed by atoms with Gasteiger partial charge in [0.05, 0.1) is 11.0 Å². The molecule has 0 radical (unpaired) electrons. The highest BCUT2D eigenvalue weighted by Gasteiger charge is 2.38. The molecule has 3 N–H and O–H groups in total. The molecule has 0 aliphatic carbocycles. The highest BCUT2D eigenvalue weighted by molar-refractivity contribution is 5.80. The van der Waals surface area contributed by atoms with Crippen molar-refractivity contribution in [3.8, 4) is 22.5 Å². The number of alkyl halides is 3. The Labute approximate surface area is 217 Å². The summed E-state index contributed by atoms with van der Waals surface area (Å²) >= 11 is 0. The molecule has 0 saturated heterocycles. The molecular formula is C29H25F3N4O2. The molecule has 0 fully saturated rings. The minimum Gasteiger partial charge on any atom is -0.475 e. The lowest BCUT2D eigenvalue weighted by Crippen LogP contribution is -2.21. The summed E-state index contributed by atoms with van der Waals surface area (Å²) in [5.41, 5.74) is 8.07. The summed E-state index contributed by atoms with van der Waals surface area (Å²) in [6, 6.07) is 29.5. The second kappa shape index (κ2) is 12.2. The van der Waals surface area contributed by atoms with E-state index in [9.17, 15) is 13.2 Å². The zero-order chi connectivity index (χ0) is 27.0. The Kier molecular flexibility index (Phi) is 8.50. The van der Waals surface area contributed by atoms with Crippen LogP contribution in [0.3, 0.4) is 0 Å². The van der Waals surface area contributed by atoms with Crippen molar-refractivity contribution in [2.75, 3.05) is 6.54 Å². The third kappa shape index (κ3) is 7.27. The van der Waals surface area contributed by atoms with Crippen LogP contribution in [0.2, 0.25) is 0 Å². The summed E-state index contributed by atoms with van der Waals surface area (Å²) in [7, 11) is 0. The molecule has 0 unspecified atom stereocenters. The second-order valence-corrected chi connectivity index (χ2v) is 8.47. The number of aromatic nitrogens is 3. The van der Waals surface area contributed by atoms with Crippen molar-refractivity contribution in [3.05, 3.63) is 108 Å². The van der Waals surface area contributed by atoms with Crippen molar-refractivity contribution in [3.63, 3.8) is 0 Å². The summed E-state index contributed by atoms with van der Waals surface area (Å²) < 4.78 is 31.7. The molecule has 0 spiro atoms. The Bertz CT molecular complexity index is 1450. The third-order valence-electron chi connectivity index (χ3n) is 5.70. The first-order valence-electron chi connectivity index (χ1n) is 11.8. The van der Waals surface area contributed by atoms with Gasteiger partial charge in [0.2, 0.25) is 0 Å². The number of aliphatic carboxylic acids is 1. The van der Waals surface area contributed by atoms with E-state index in [0.29, 0.717) is 0 Å². The molecule has 0 amide bonds. The van der Waals surface area contributed by atoms with Crippen LogP contribution >= 0.6 is 0 Å². The minimum absolute atomic E-state index is 0.861. The quantitative estimate of drug-likeness (QED) is 0.221. The molecule has 0 atom stereocenters. The lowest BCUT2D eigenvalue weighted by atomic mass is 10.0. The van der Waals surface area contributed by atoms with Gasteiger partial charge in [-0.1, -0.05) is 60.7 Å². The summed E-state index contributed by atoms with van der Waals surface area (Å²) in [5, 5.41) is 10.6. The fourth-order valence-corrected chi connectivity index (χ4v) is 3.76. The van der Waals surface area contributed by atoms with E-state index in [4.69, 9.17) is 14.9 Å². The molecule has 6 nitrogen and oxygen atoms in total. The van der Waals surface area contributed by atoms with Crippen molar-refractivity contribution in [2.45, 2.75) is 19.1 Å². The van der Waals surface area contributed by atoms with Gasteiger partial charge in [0.25, 0.3) is 0 Å². The first-order chi connectivity index (χ1) is 18.3. The van der Waals surface area contributed by atoms with Crippen molar-refractivity contribution in [2.24, 2.45) is 0 Å². The van der Waals surface area contributed by atoms with E-state index in [-0.39, 0.29) is 0 Å². The SMILES string of the molecule is O=C(O)C(F)(F)F.c1cncc(CCNCc2ccc(-c3cccc(-c4nc5ccccc5[nH]4)c3)cc2)c1. The summed E-state index contributed by atoms with van der Waals surface area (Å²) in [6.45, 7) is 1.80. The van der Waals surface area contributed by atoms with Crippen LogP contribution in [0.1, 0.15) is 11.1 Å². The maximum absolute atomic E-state index is 10.6. The number of nitrogens with zero attached hydrogens (tertiary/aromatic N) is 2. The van der Waals surface area contributed by atoms with E-state index >= 15 is 0 Å². The lowest BCUT2D eigenvalue weighted by Gasteiger charge is -2.08. The fourth-order valence-electron chi connectivity index (χ4n) is 3.76. The van der Waals surface area contributed by atoms with Gasteiger partial charge in [-0.25, -0.2) is 9.78 Å². The summed E-state index contributed by atoms with van der Waals surface area (Å²) in [4.78, 5) is 21.2. The number of nitrogens with one attached hydrogen (secondary N) is 2. The normalized spacial score (nSPS) is 11.1. The van der Waals surface area contributed by atoms with E-state index in [2.05, 4.69) is 75.9 Å². The van der Waals surface area contributed by atoms with E-state index in [0.717, 1.165) is 41.9 Å². The Hall–Kier alpha value is -4.50. The average Bonchev–Trinajstić information content (AvgIpc) is 3.37. The molecule has 0 aliphatic heterocycles. The van der Waals surface area contributed by atoms with Crippen LogP contribution in [0.15, 0.2) is 97.3 Å².